The maximum Gasteiger partial charge on any atom is 0.226 e. The first kappa shape index (κ1) is 25.7. The Morgan fingerprint density at radius 2 is 1.70 bits per heavy atom. The van der Waals surface area contributed by atoms with Gasteiger partial charge in [-0.1, -0.05) is 59.2 Å². The van der Waals surface area contributed by atoms with Crippen LogP contribution in [-0.4, -0.2) is 53.3 Å². The summed E-state index contributed by atoms with van der Waals surface area (Å²) in [4.78, 5) is 33.2. The fraction of sp³-hybridized carbons (Fsp3) is 0.714. The van der Waals surface area contributed by atoms with Crippen molar-refractivity contribution < 1.29 is 9.59 Å². The van der Waals surface area contributed by atoms with E-state index in [4.69, 9.17) is 0 Å². The highest BCUT2D eigenvalue weighted by Gasteiger charge is 2.34. The predicted octanol–water partition coefficient (Wildman–Crippen LogP) is 5.48. The van der Waals surface area contributed by atoms with E-state index < -0.39 is 0 Å². The number of fused-ring (bicyclic) bond motifs is 3. The van der Waals surface area contributed by atoms with E-state index in [2.05, 4.69) is 49.6 Å². The molecule has 2 aliphatic rings. The molecular weight excluding hydrogens is 410 g/mol. The third-order valence-corrected chi connectivity index (χ3v) is 7.28. The Morgan fingerprint density at radius 1 is 0.970 bits per heavy atom. The number of benzene rings is 1. The average molecular weight is 456 g/mol. The van der Waals surface area contributed by atoms with E-state index >= 15 is 0 Å². The molecule has 0 N–H and O–H groups in total. The molecule has 5 heteroatoms. The zero-order chi connectivity index (χ0) is 24.0. The van der Waals surface area contributed by atoms with Crippen molar-refractivity contribution in [2.24, 2.45) is 11.8 Å². The van der Waals surface area contributed by atoms with Crippen molar-refractivity contribution in [1.29, 1.82) is 0 Å². The number of nitrogens with zero attached hydrogens (tertiary/aromatic N) is 3. The van der Waals surface area contributed by atoms with Crippen LogP contribution in [0.5, 0.6) is 0 Å². The first-order chi connectivity index (χ1) is 15.8. The average Bonchev–Trinajstić information content (AvgIpc) is 2.78. The number of para-hydroxylation sites is 1. The lowest BCUT2D eigenvalue weighted by Gasteiger charge is -2.44. The van der Waals surface area contributed by atoms with Gasteiger partial charge in [-0.3, -0.25) is 14.5 Å². The van der Waals surface area contributed by atoms with Gasteiger partial charge in [0.15, 0.2) is 0 Å². The summed E-state index contributed by atoms with van der Waals surface area (Å²) in [7, 11) is 0. The van der Waals surface area contributed by atoms with Crippen LogP contribution in [0.15, 0.2) is 24.3 Å². The van der Waals surface area contributed by atoms with Crippen LogP contribution in [0.25, 0.3) is 0 Å². The summed E-state index contributed by atoms with van der Waals surface area (Å²) in [5, 5.41) is 0. The molecule has 0 radical (unpaired) electrons. The number of carbonyl (C=O) groups is 2. The lowest BCUT2D eigenvalue weighted by molar-refractivity contribution is -0.134. The summed E-state index contributed by atoms with van der Waals surface area (Å²) >= 11 is 0. The minimum atomic E-state index is 0.169. The molecule has 184 valence electrons. The molecule has 1 saturated heterocycles. The molecule has 2 amide bonds. The van der Waals surface area contributed by atoms with Crippen LogP contribution >= 0.6 is 0 Å². The number of piperidine rings is 1. The summed E-state index contributed by atoms with van der Waals surface area (Å²) in [6.07, 6.45) is 6.77. The molecule has 0 saturated carbocycles. The molecule has 33 heavy (non-hydrogen) atoms. The Balaban J connectivity index is 2.01. The summed E-state index contributed by atoms with van der Waals surface area (Å²) in [6.45, 7) is 14.0. The predicted molar refractivity (Wildman–Crippen MR) is 136 cm³/mol. The normalized spacial score (nSPS) is 22.3. The van der Waals surface area contributed by atoms with E-state index in [0.29, 0.717) is 43.3 Å². The van der Waals surface area contributed by atoms with Crippen molar-refractivity contribution in [3.63, 3.8) is 0 Å². The van der Waals surface area contributed by atoms with Gasteiger partial charge in [0.2, 0.25) is 11.8 Å². The topological polar surface area (TPSA) is 43.9 Å². The van der Waals surface area contributed by atoms with Crippen molar-refractivity contribution >= 4 is 17.5 Å². The standard InChI is InChI=1S/C28H45N3O2/c1-6-27(32)31-17-15-24-11-9-12-25(30(24)16-14-21(2)3)20-29(28(33)18-22(4)5)19-23-10-7-8-13-26(23)31/h7-8,10,13,21-22,24-25H,6,9,11-12,14-20H2,1-5H3. The second-order valence-electron chi connectivity index (χ2n) is 10.8. The van der Waals surface area contributed by atoms with Crippen LogP contribution in [0, 0.1) is 11.8 Å². The third kappa shape index (κ3) is 6.81. The molecule has 2 bridgehead atoms. The molecule has 3 rings (SSSR count). The highest BCUT2D eigenvalue weighted by Crippen LogP contribution is 2.31. The number of amides is 2. The molecule has 0 aromatic heterocycles. The number of anilines is 1. The highest BCUT2D eigenvalue weighted by atomic mass is 16.2. The van der Waals surface area contributed by atoms with Crippen molar-refractivity contribution in [3.05, 3.63) is 29.8 Å². The lowest BCUT2D eigenvalue weighted by Crippen LogP contribution is -2.53. The molecule has 2 aliphatic heterocycles. The third-order valence-electron chi connectivity index (χ3n) is 7.28. The number of carbonyl (C=O) groups excluding carboxylic acids is 2. The van der Waals surface area contributed by atoms with Gasteiger partial charge in [0.05, 0.1) is 0 Å². The minimum absolute atomic E-state index is 0.169. The molecular formula is C28H45N3O2. The van der Waals surface area contributed by atoms with Gasteiger partial charge in [0.1, 0.15) is 0 Å². The fourth-order valence-electron chi connectivity index (χ4n) is 5.45. The Kier molecular flexibility index (Phi) is 9.37. The van der Waals surface area contributed by atoms with Gasteiger partial charge in [-0.2, -0.15) is 0 Å². The smallest absolute Gasteiger partial charge is 0.226 e. The van der Waals surface area contributed by atoms with E-state index in [1.807, 2.05) is 24.0 Å². The number of hydrogen-bond acceptors (Lipinski definition) is 3. The number of rotatable bonds is 6. The van der Waals surface area contributed by atoms with E-state index in [9.17, 15) is 9.59 Å². The molecule has 0 aliphatic carbocycles. The lowest BCUT2D eigenvalue weighted by atomic mass is 9.92. The van der Waals surface area contributed by atoms with Gasteiger partial charge in [-0.15, -0.1) is 0 Å². The number of hydrogen-bond donors (Lipinski definition) is 0. The van der Waals surface area contributed by atoms with Gasteiger partial charge in [0.25, 0.3) is 0 Å². The van der Waals surface area contributed by atoms with Crippen LogP contribution in [0.4, 0.5) is 5.69 Å². The zero-order valence-corrected chi connectivity index (χ0v) is 21.6. The molecule has 1 fully saturated rings. The van der Waals surface area contributed by atoms with Crippen LogP contribution in [0.2, 0.25) is 0 Å². The van der Waals surface area contributed by atoms with Crippen LogP contribution in [0.1, 0.15) is 85.1 Å². The SMILES string of the molecule is CCC(=O)N1CCC2CCCC(CN(C(=O)CC(C)C)Cc3ccccc31)N2CCC(C)C. The molecule has 2 atom stereocenters. The molecule has 5 nitrogen and oxygen atoms in total. The van der Waals surface area contributed by atoms with Gasteiger partial charge < -0.3 is 9.80 Å². The van der Waals surface area contributed by atoms with Crippen molar-refractivity contribution in [2.45, 2.75) is 98.2 Å². The Hall–Kier alpha value is -1.88. The zero-order valence-electron chi connectivity index (χ0n) is 21.6. The molecule has 1 aromatic carbocycles. The monoisotopic (exact) mass is 455 g/mol. The highest BCUT2D eigenvalue weighted by molar-refractivity contribution is 5.94. The summed E-state index contributed by atoms with van der Waals surface area (Å²) in [5.41, 5.74) is 2.07. The Bertz CT molecular complexity index is 791. The van der Waals surface area contributed by atoms with E-state index in [1.165, 1.54) is 19.3 Å². The van der Waals surface area contributed by atoms with E-state index in [-0.39, 0.29) is 11.8 Å². The minimum Gasteiger partial charge on any atom is -0.337 e. The first-order valence-corrected chi connectivity index (χ1v) is 13.2. The van der Waals surface area contributed by atoms with Crippen molar-refractivity contribution in [2.75, 3.05) is 24.5 Å². The van der Waals surface area contributed by atoms with E-state index in [0.717, 1.165) is 43.7 Å². The summed E-state index contributed by atoms with van der Waals surface area (Å²) in [6, 6.07) is 9.09. The molecule has 2 heterocycles. The molecule has 1 aromatic rings. The second kappa shape index (κ2) is 12.0. The Labute approximate surface area is 201 Å². The quantitative estimate of drug-likeness (QED) is 0.571. The van der Waals surface area contributed by atoms with Gasteiger partial charge in [0, 0.05) is 50.2 Å². The van der Waals surface area contributed by atoms with Crippen LogP contribution < -0.4 is 4.90 Å². The fourth-order valence-corrected chi connectivity index (χ4v) is 5.45. The van der Waals surface area contributed by atoms with Gasteiger partial charge in [-0.05, 0) is 55.7 Å². The maximum atomic E-state index is 13.4. The largest absolute Gasteiger partial charge is 0.337 e. The van der Waals surface area contributed by atoms with Gasteiger partial charge in [-0.25, -0.2) is 0 Å². The van der Waals surface area contributed by atoms with Crippen molar-refractivity contribution in [1.82, 2.24) is 9.80 Å². The summed E-state index contributed by atoms with van der Waals surface area (Å²) < 4.78 is 0. The Morgan fingerprint density at radius 3 is 2.39 bits per heavy atom. The summed E-state index contributed by atoms with van der Waals surface area (Å²) in [5.74, 6) is 1.39. The second-order valence-corrected chi connectivity index (χ2v) is 10.8. The first-order valence-electron chi connectivity index (χ1n) is 13.2. The van der Waals surface area contributed by atoms with Crippen molar-refractivity contribution in [3.8, 4) is 0 Å². The van der Waals surface area contributed by atoms with Crippen LogP contribution in [-0.2, 0) is 16.1 Å². The van der Waals surface area contributed by atoms with E-state index in [1.54, 1.807) is 0 Å². The molecule has 2 unspecified atom stereocenters. The molecule has 0 spiro atoms. The maximum absolute atomic E-state index is 13.4. The van der Waals surface area contributed by atoms with Gasteiger partial charge >= 0.3 is 0 Å². The van der Waals surface area contributed by atoms with Crippen LogP contribution in [0.3, 0.4) is 0 Å².